The molecule has 0 spiro atoms. The number of hydrogen-bond donors (Lipinski definition) is 1. The smallest absolute Gasteiger partial charge is 0.141 e. The number of aryl methyl sites for hydroxylation is 1. The minimum atomic E-state index is 0.0763. The molecule has 0 unspecified atom stereocenters. The van der Waals surface area contributed by atoms with Crippen molar-refractivity contribution in [2.75, 3.05) is 6.61 Å². The zero-order valence-electron chi connectivity index (χ0n) is 11.2. The van der Waals surface area contributed by atoms with Crippen molar-refractivity contribution < 1.29 is 5.11 Å². The lowest BCUT2D eigenvalue weighted by Crippen LogP contribution is -2.04. The van der Waals surface area contributed by atoms with Crippen LogP contribution in [0.25, 0.3) is 22.4 Å². The lowest BCUT2D eigenvalue weighted by molar-refractivity contribution is 0.278. The molecule has 0 saturated carbocycles. The normalized spacial score (nSPS) is 11.2. The second-order valence-electron chi connectivity index (χ2n) is 4.81. The summed E-state index contributed by atoms with van der Waals surface area (Å²) in [4.78, 5) is 4.67. The Morgan fingerprint density at radius 1 is 1.20 bits per heavy atom. The molecule has 1 aromatic heterocycles. The van der Waals surface area contributed by atoms with Gasteiger partial charge in [0, 0.05) is 17.1 Å². The average Bonchev–Trinajstić information content (AvgIpc) is 2.77. The summed E-state index contributed by atoms with van der Waals surface area (Å²) in [7, 11) is 0. The van der Waals surface area contributed by atoms with Gasteiger partial charge in [0.2, 0.25) is 0 Å². The first-order valence-corrected chi connectivity index (χ1v) is 6.90. The van der Waals surface area contributed by atoms with Gasteiger partial charge in [-0.05, 0) is 31.2 Å². The van der Waals surface area contributed by atoms with Crippen molar-refractivity contribution in [2.45, 2.75) is 13.5 Å². The van der Waals surface area contributed by atoms with Crippen LogP contribution in [-0.2, 0) is 6.54 Å². The number of benzene rings is 2. The molecule has 4 heteroatoms. The highest BCUT2D eigenvalue weighted by molar-refractivity contribution is 6.31. The molecule has 1 heterocycles. The predicted molar refractivity (Wildman–Crippen MR) is 82.0 cm³/mol. The monoisotopic (exact) mass is 286 g/mol. The first-order chi connectivity index (χ1) is 9.69. The van der Waals surface area contributed by atoms with E-state index in [-0.39, 0.29) is 6.61 Å². The van der Waals surface area contributed by atoms with Crippen LogP contribution in [0.15, 0.2) is 42.5 Å². The van der Waals surface area contributed by atoms with Crippen molar-refractivity contribution in [1.82, 2.24) is 9.55 Å². The van der Waals surface area contributed by atoms with E-state index in [1.54, 1.807) is 0 Å². The Morgan fingerprint density at radius 3 is 2.80 bits per heavy atom. The van der Waals surface area contributed by atoms with Gasteiger partial charge in [0.15, 0.2) is 0 Å². The summed E-state index contributed by atoms with van der Waals surface area (Å²) in [5.74, 6) is 0.861. The first-order valence-electron chi connectivity index (χ1n) is 6.53. The average molecular weight is 287 g/mol. The number of halogens is 1. The van der Waals surface area contributed by atoms with Gasteiger partial charge in [0.05, 0.1) is 17.6 Å². The Labute approximate surface area is 122 Å². The fourth-order valence-electron chi connectivity index (χ4n) is 2.43. The third-order valence-corrected chi connectivity index (χ3v) is 3.55. The van der Waals surface area contributed by atoms with Crippen molar-refractivity contribution in [3.63, 3.8) is 0 Å². The standard InChI is InChI=1S/C16H15ClN2O/c1-11-3-2-4-12(9-11)16-18-14-10-13(17)5-6-15(14)19(16)7-8-20/h2-6,9-10,20H,7-8H2,1H3. The van der Waals surface area contributed by atoms with Gasteiger partial charge in [0.25, 0.3) is 0 Å². The molecule has 0 amide bonds. The fraction of sp³-hybridized carbons (Fsp3) is 0.188. The third-order valence-electron chi connectivity index (χ3n) is 3.31. The molecular formula is C16H15ClN2O. The van der Waals surface area contributed by atoms with Gasteiger partial charge in [0.1, 0.15) is 5.82 Å². The molecule has 20 heavy (non-hydrogen) atoms. The van der Waals surface area contributed by atoms with Crippen LogP contribution >= 0.6 is 11.6 Å². The zero-order chi connectivity index (χ0) is 14.1. The van der Waals surface area contributed by atoms with E-state index in [9.17, 15) is 5.11 Å². The number of aliphatic hydroxyl groups is 1. The molecule has 2 aromatic carbocycles. The van der Waals surface area contributed by atoms with E-state index >= 15 is 0 Å². The van der Waals surface area contributed by atoms with Gasteiger partial charge in [-0.15, -0.1) is 0 Å². The molecule has 0 radical (unpaired) electrons. The number of fused-ring (bicyclic) bond motifs is 1. The molecule has 0 aliphatic carbocycles. The minimum Gasteiger partial charge on any atom is -0.395 e. The highest BCUT2D eigenvalue weighted by Gasteiger charge is 2.12. The number of aliphatic hydroxyl groups excluding tert-OH is 1. The van der Waals surface area contributed by atoms with E-state index in [2.05, 4.69) is 24.0 Å². The van der Waals surface area contributed by atoms with Crippen LogP contribution in [0.3, 0.4) is 0 Å². The van der Waals surface area contributed by atoms with Crippen LogP contribution in [0.5, 0.6) is 0 Å². The van der Waals surface area contributed by atoms with Crippen LogP contribution in [0, 0.1) is 6.92 Å². The maximum absolute atomic E-state index is 9.30. The lowest BCUT2D eigenvalue weighted by Gasteiger charge is -2.08. The Kier molecular flexibility index (Phi) is 3.47. The topological polar surface area (TPSA) is 38.0 Å². The Morgan fingerprint density at radius 2 is 2.05 bits per heavy atom. The second-order valence-corrected chi connectivity index (χ2v) is 5.25. The van der Waals surface area contributed by atoms with Gasteiger partial charge in [-0.1, -0.05) is 35.4 Å². The quantitative estimate of drug-likeness (QED) is 0.798. The van der Waals surface area contributed by atoms with Crippen molar-refractivity contribution in [3.05, 3.63) is 53.1 Å². The molecule has 3 aromatic rings. The van der Waals surface area contributed by atoms with Crippen molar-refractivity contribution >= 4 is 22.6 Å². The first kappa shape index (κ1) is 13.2. The number of aromatic nitrogens is 2. The van der Waals surface area contributed by atoms with Crippen LogP contribution < -0.4 is 0 Å². The third kappa shape index (κ3) is 2.30. The number of nitrogens with zero attached hydrogens (tertiary/aromatic N) is 2. The molecule has 3 nitrogen and oxygen atoms in total. The van der Waals surface area contributed by atoms with E-state index in [1.807, 2.05) is 34.9 Å². The number of hydrogen-bond acceptors (Lipinski definition) is 2. The summed E-state index contributed by atoms with van der Waals surface area (Å²) in [5.41, 5.74) is 4.07. The van der Waals surface area contributed by atoms with Crippen LogP contribution in [0.1, 0.15) is 5.56 Å². The Bertz CT molecular complexity index is 764. The van der Waals surface area contributed by atoms with Gasteiger partial charge in [-0.2, -0.15) is 0 Å². The number of imidazole rings is 1. The van der Waals surface area contributed by atoms with Crippen molar-refractivity contribution in [1.29, 1.82) is 0 Å². The highest BCUT2D eigenvalue weighted by atomic mass is 35.5. The molecule has 102 valence electrons. The maximum atomic E-state index is 9.30. The largest absolute Gasteiger partial charge is 0.395 e. The zero-order valence-corrected chi connectivity index (χ0v) is 11.9. The van der Waals surface area contributed by atoms with Crippen LogP contribution in [0.4, 0.5) is 0 Å². The lowest BCUT2D eigenvalue weighted by atomic mass is 10.1. The minimum absolute atomic E-state index is 0.0763. The maximum Gasteiger partial charge on any atom is 0.141 e. The van der Waals surface area contributed by atoms with Gasteiger partial charge in [-0.3, -0.25) is 0 Å². The van der Waals surface area contributed by atoms with E-state index in [0.29, 0.717) is 11.6 Å². The van der Waals surface area contributed by atoms with Gasteiger partial charge < -0.3 is 9.67 Å². The summed E-state index contributed by atoms with van der Waals surface area (Å²) >= 11 is 6.03. The van der Waals surface area contributed by atoms with E-state index in [1.165, 1.54) is 5.56 Å². The SMILES string of the molecule is Cc1cccc(-c2nc3cc(Cl)ccc3n2CCO)c1. The van der Waals surface area contributed by atoms with Gasteiger partial charge in [-0.25, -0.2) is 4.98 Å². The molecule has 1 N–H and O–H groups in total. The molecule has 0 fully saturated rings. The molecule has 0 bridgehead atoms. The van der Waals surface area contributed by atoms with Crippen LogP contribution in [-0.4, -0.2) is 21.3 Å². The van der Waals surface area contributed by atoms with E-state index in [0.717, 1.165) is 22.4 Å². The summed E-state index contributed by atoms with van der Waals surface area (Å²) in [6, 6.07) is 13.8. The molecule has 0 atom stereocenters. The second kappa shape index (κ2) is 5.27. The molecule has 0 aliphatic rings. The molecular weight excluding hydrogens is 272 g/mol. The summed E-state index contributed by atoms with van der Waals surface area (Å²) in [5, 5.41) is 9.97. The van der Waals surface area contributed by atoms with Gasteiger partial charge >= 0.3 is 0 Å². The van der Waals surface area contributed by atoms with E-state index in [4.69, 9.17) is 11.6 Å². The van der Waals surface area contributed by atoms with Crippen molar-refractivity contribution in [2.24, 2.45) is 0 Å². The molecule has 0 saturated heterocycles. The van der Waals surface area contributed by atoms with Crippen LogP contribution in [0.2, 0.25) is 5.02 Å². The molecule has 3 rings (SSSR count). The highest BCUT2D eigenvalue weighted by Crippen LogP contribution is 2.27. The van der Waals surface area contributed by atoms with Crippen molar-refractivity contribution in [3.8, 4) is 11.4 Å². The summed E-state index contributed by atoms with van der Waals surface area (Å²) < 4.78 is 2.03. The summed E-state index contributed by atoms with van der Waals surface area (Å²) in [6.07, 6.45) is 0. The number of rotatable bonds is 3. The summed E-state index contributed by atoms with van der Waals surface area (Å²) in [6.45, 7) is 2.65. The fourth-order valence-corrected chi connectivity index (χ4v) is 2.60. The Hall–Kier alpha value is -1.84. The van der Waals surface area contributed by atoms with E-state index < -0.39 is 0 Å². The predicted octanol–water partition coefficient (Wildman–Crippen LogP) is 3.66. The Balaban J connectivity index is 2.25. The molecule has 0 aliphatic heterocycles.